The Morgan fingerprint density at radius 2 is 2.21 bits per heavy atom. The molecule has 1 unspecified atom stereocenters. The molecule has 0 aromatic heterocycles. The third-order valence-electron chi connectivity index (χ3n) is 2.66. The van der Waals surface area contributed by atoms with Crippen LogP contribution < -0.4 is 0 Å². The zero-order valence-corrected chi connectivity index (χ0v) is 11.6. The van der Waals surface area contributed by atoms with Crippen LogP contribution in [-0.4, -0.2) is 17.5 Å². The van der Waals surface area contributed by atoms with E-state index in [9.17, 15) is 14.9 Å². The number of benzene rings is 1. The van der Waals surface area contributed by atoms with Crippen LogP contribution in [0.2, 0.25) is 5.02 Å². The van der Waals surface area contributed by atoms with Gasteiger partial charge in [0.05, 0.1) is 22.1 Å². The molecule has 1 aromatic carbocycles. The van der Waals surface area contributed by atoms with E-state index >= 15 is 0 Å². The van der Waals surface area contributed by atoms with E-state index in [0.29, 0.717) is 0 Å². The lowest BCUT2D eigenvalue weighted by molar-refractivity contribution is -0.384. The lowest BCUT2D eigenvalue weighted by Gasteiger charge is -2.11. The van der Waals surface area contributed by atoms with Gasteiger partial charge in [0.1, 0.15) is 0 Å². The molecule has 0 radical (unpaired) electrons. The smallest absolute Gasteiger partial charge is 0.339 e. The Kier molecular flexibility index (Phi) is 5.76. The number of hydrogen-bond donors (Lipinski definition) is 0. The van der Waals surface area contributed by atoms with E-state index in [1.165, 1.54) is 12.1 Å². The maximum Gasteiger partial charge on any atom is 0.339 e. The molecule has 0 aliphatic carbocycles. The van der Waals surface area contributed by atoms with Gasteiger partial charge in [-0.3, -0.25) is 10.1 Å². The standard InChI is InChI=1S/C13H16ClNO4/c1-3-4-9(2)8-19-13(16)11-7-10(15(17)18)5-6-12(11)14/h5-7,9H,3-4,8H2,1-2H3. The third-order valence-corrected chi connectivity index (χ3v) is 2.99. The van der Waals surface area contributed by atoms with E-state index < -0.39 is 10.9 Å². The number of rotatable bonds is 6. The number of nitro benzene ring substituents is 1. The van der Waals surface area contributed by atoms with Gasteiger partial charge in [-0.05, 0) is 18.4 Å². The topological polar surface area (TPSA) is 69.4 Å². The lowest BCUT2D eigenvalue weighted by atomic mass is 10.1. The minimum absolute atomic E-state index is 0.0274. The van der Waals surface area contributed by atoms with E-state index in [-0.39, 0.29) is 28.8 Å². The van der Waals surface area contributed by atoms with Gasteiger partial charge in [0.15, 0.2) is 0 Å². The van der Waals surface area contributed by atoms with Gasteiger partial charge in [-0.25, -0.2) is 4.79 Å². The second-order valence-electron chi connectivity index (χ2n) is 4.41. The van der Waals surface area contributed by atoms with Crippen LogP contribution >= 0.6 is 11.6 Å². The highest BCUT2D eigenvalue weighted by Gasteiger charge is 2.17. The first-order valence-electron chi connectivity index (χ1n) is 6.06. The van der Waals surface area contributed by atoms with Gasteiger partial charge in [0.2, 0.25) is 0 Å². The molecule has 0 aliphatic rings. The average Bonchev–Trinajstić information content (AvgIpc) is 2.36. The number of carbonyl (C=O) groups excluding carboxylic acids is 1. The number of carbonyl (C=O) groups is 1. The van der Waals surface area contributed by atoms with Crippen LogP contribution in [0, 0.1) is 16.0 Å². The first kappa shape index (κ1) is 15.4. The Morgan fingerprint density at radius 1 is 1.53 bits per heavy atom. The number of nitrogens with zero attached hydrogens (tertiary/aromatic N) is 1. The van der Waals surface area contributed by atoms with Crippen molar-refractivity contribution in [1.29, 1.82) is 0 Å². The molecule has 0 fully saturated rings. The molecule has 0 aliphatic heterocycles. The molecule has 0 saturated carbocycles. The minimum atomic E-state index is -0.628. The molecule has 1 rings (SSSR count). The predicted octanol–water partition coefficient (Wildman–Crippen LogP) is 3.84. The summed E-state index contributed by atoms with van der Waals surface area (Å²) in [5, 5.41) is 10.8. The first-order valence-corrected chi connectivity index (χ1v) is 6.44. The Bertz CT molecular complexity index is 476. The fourth-order valence-corrected chi connectivity index (χ4v) is 1.85. The highest BCUT2D eigenvalue weighted by atomic mass is 35.5. The van der Waals surface area contributed by atoms with Gasteiger partial charge in [-0.1, -0.05) is 31.9 Å². The number of non-ortho nitro benzene ring substituents is 1. The summed E-state index contributed by atoms with van der Waals surface area (Å²) in [5.41, 5.74) is -0.155. The molecule has 0 spiro atoms. The zero-order chi connectivity index (χ0) is 14.4. The van der Waals surface area contributed by atoms with Crippen molar-refractivity contribution >= 4 is 23.3 Å². The first-order chi connectivity index (χ1) is 8.95. The summed E-state index contributed by atoms with van der Waals surface area (Å²) in [6.07, 6.45) is 1.96. The van der Waals surface area contributed by atoms with E-state index in [2.05, 4.69) is 6.92 Å². The van der Waals surface area contributed by atoms with Gasteiger partial charge in [0, 0.05) is 12.1 Å². The Labute approximate surface area is 116 Å². The third kappa shape index (κ3) is 4.52. The number of nitro groups is 1. The predicted molar refractivity (Wildman–Crippen MR) is 72.5 cm³/mol. The number of ether oxygens (including phenoxy) is 1. The molecule has 1 aromatic rings. The number of hydrogen-bond acceptors (Lipinski definition) is 4. The zero-order valence-electron chi connectivity index (χ0n) is 10.9. The quantitative estimate of drug-likeness (QED) is 0.452. The van der Waals surface area contributed by atoms with Crippen LogP contribution in [-0.2, 0) is 4.74 Å². The van der Waals surface area contributed by atoms with Crippen molar-refractivity contribution in [3.8, 4) is 0 Å². The van der Waals surface area contributed by atoms with Crippen molar-refractivity contribution in [1.82, 2.24) is 0 Å². The summed E-state index contributed by atoms with van der Waals surface area (Å²) in [4.78, 5) is 21.9. The van der Waals surface area contributed by atoms with Crippen LogP contribution in [0.25, 0.3) is 0 Å². The molecule has 104 valence electrons. The Hall–Kier alpha value is -1.62. The van der Waals surface area contributed by atoms with Gasteiger partial charge in [-0.15, -0.1) is 0 Å². The highest BCUT2D eigenvalue weighted by Crippen LogP contribution is 2.23. The SMILES string of the molecule is CCCC(C)COC(=O)c1cc([N+](=O)[O-])ccc1Cl. The monoisotopic (exact) mass is 285 g/mol. The van der Waals surface area contributed by atoms with Crippen LogP contribution in [0.4, 0.5) is 5.69 Å². The normalized spacial score (nSPS) is 11.9. The summed E-state index contributed by atoms with van der Waals surface area (Å²) < 4.78 is 5.11. The molecular formula is C13H16ClNO4. The summed E-state index contributed by atoms with van der Waals surface area (Å²) in [6.45, 7) is 4.31. The van der Waals surface area contributed by atoms with Crippen molar-refractivity contribution in [2.75, 3.05) is 6.61 Å². The van der Waals surface area contributed by atoms with E-state index in [1.807, 2.05) is 6.92 Å². The van der Waals surface area contributed by atoms with Crippen molar-refractivity contribution in [3.05, 3.63) is 38.9 Å². The Balaban J connectivity index is 2.76. The molecule has 1 atom stereocenters. The van der Waals surface area contributed by atoms with Crippen LogP contribution in [0.15, 0.2) is 18.2 Å². The molecule has 0 N–H and O–H groups in total. The maximum absolute atomic E-state index is 11.8. The molecule has 6 heteroatoms. The summed E-state index contributed by atoms with van der Waals surface area (Å²) >= 11 is 5.85. The Morgan fingerprint density at radius 3 is 2.79 bits per heavy atom. The highest BCUT2D eigenvalue weighted by molar-refractivity contribution is 6.33. The molecule has 0 bridgehead atoms. The van der Waals surface area contributed by atoms with E-state index in [0.717, 1.165) is 18.9 Å². The van der Waals surface area contributed by atoms with Crippen LogP contribution in [0.3, 0.4) is 0 Å². The minimum Gasteiger partial charge on any atom is -0.462 e. The second kappa shape index (κ2) is 7.09. The fraction of sp³-hybridized carbons (Fsp3) is 0.462. The van der Waals surface area contributed by atoms with E-state index in [1.54, 1.807) is 0 Å². The summed E-state index contributed by atoms with van der Waals surface area (Å²) in [6, 6.07) is 3.71. The molecule has 5 nitrogen and oxygen atoms in total. The molecule has 0 saturated heterocycles. The van der Waals surface area contributed by atoms with Crippen molar-refractivity contribution in [3.63, 3.8) is 0 Å². The molecule has 0 heterocycles. The lowest BCUT2D eigenvalue weighted by Crippen LogP contribution is -2.12. The molecular weight excluding hydrogens is 270 g/mol. The average molecular weight is 286 g/mol. The largest absolute Gasteiger partial charge is 0.462 e. The van der Waals surface area contributed by atoms with E-state index in [4.69, 9.17) is 16.3 Å². The van der Waals surface area contributed by atoms with Crippen molar-refractivity contribution in [2.24, 2.45) is 5.92 Å². The maximum atomic E-state index is 11.8. The van der Waals surface area contributed by atoms with Crippen LogP contribution in [0.5, 0.6) is 0 Å². The van der Waals surface area contributed by atoms with Gasteiger partial charge in [0.25, 0.3) is 5.69 Å². The fourth-order valence-electron chi connectivity index (χ4n) is 1.66. The molecule has 19 heavy (non-hydrogen) atoms. The summed E-state index contributed by atoms with van der Waals surface area (Å²) in [5.74, 6) is -0.372. The molecule has 0 amide bonds. The number of esters is 1. The second-order valence-corrected chi connectivity index (χ2v) is 4.82. The van der Waals surface area contributed by atoms with Crippen molar-refractivity contribution < 1.29 is 14.5 Å². The number of halogens is 1. The van der Waals surface area contributed by atoms with Gasteiger partial charge in [-0.2, -0.15) is 0 Å². The van der Waals surface area contributed by atoms with Gasteiger partial charge < -0.3 is 4.74 Å². The van der Waals surface area contributed by atoms with Gasteiger partial charge >= 0.3 is 5.97 Å². The van der Waals surface area contributed by atoms with Crippen LogP contribution in [0.1, 0.15) is 37.0 Å². The summed E-state index contributed by atoms with van der Waals surface area (Å²) in [7, 11) is 0. The van der Waals surface area contributed by atoms with Crippen molar-refractivity contribution in [2.45, 2.75) is 26.7 Å².